The van der Waals surface area contributed by atoms with Crippen molar-refractivity contribution in [3.63, 3.8) is 0 Å². The number of rotatable bonds is 5. The molecule has 2 atom stereocenters. The van der Waals surface area contributed by atoms with E-state index < -0.39 is 12.0 Å². The number of benzene rings is 2. The number of hydrogen-bond acceptors (Lipinski definition) is 4. The van der Waals surface area contributed by atoms with Crippen LogP contribution in [0.1, 0.15) is 39.0 Å². The maximum Gasteiger partial charge on any atom is 0.254 e. The van der Waals surface area contributed by atoms with Gasteiger partial charge in [0.05, 0.1) is 19.1 Å². The Kier molecular flexibility index (Phi) is 5.48. The molecular weight excluding hydrogens is 378 g/mol. The molecule has 0 aliphatic carbocycles. The van der Waals surface area contributed by atoms with Crippen LogP contribution in [0.4, 0.5) is 0 Å². The topological polar surface area (TPSA) is 71.5 Å². The Morgan fingerprint density at radius 3 is 2.57 bits per heavy atom. The molecule has 1 aliphatic heterocycles. The number of hydrogen-bond donors (Lipinski definition) is 1. The van der Waals surface area contributed by atoms with E-state index in [2.05, 4.69) is 10.3 Å². The Morgan fingerprint density at radius 1 is 1.10 bits per heavy atom. The third kappa shape index (κ3) is 3.64. The zero-order valence-electron chi connectivity index (χ0n) is 16.9. The molecule has 2 heterocycles. The van der Waals surface area contributed by atoms with Crippen LogP contribution in [0, 0.1) is 0 Å². The van der Waals surface area contributed by atoms with Gasteiger partial charge in [-0.05, 0) is 41.0 Å². The molecule has 6 nitrogen and oxygen atoms in total. The molecule has 0 fully saturated rings. The van der Waals surface area contributed by atoms with Gasteiger partial charge in [-0.15, -0.1) is 0 Å². The molecule has 0 radical (unpaired) electrons. The molecule has 1 aromatic heterocycles. The van der Waals surface area contributed by atoms with Gasteiger partial charge in [-0.3, -0.25) is 14.6 Å². The van der Waals surface area contributed by atoms with Crippen LogP contribution in [0.5, 0.6) is 5.75 Å². The number of fused-ring (bicyclic) bond motifs is 1. The molecule has 2 aromatic carbocycles. The summed E-state index contributed by atoms with van der Waals surface area (Å²) in [5.41, 5.74) is 3.10. The second-order valence-electron chi connectivity index (χ2n) is 7.28. The van der Waals surface area contributed by atoms with Crippen molar-refractivity contribution in [1.29, 1.82) is 0 Å². The molecule has 152 valence electrons. The Labute approximate surface area is 175 Å². The highest BCUT2D eigenvalue weighted by molar-refractivity contribution is 6.01. The highest BCUT2D eigenvalue weighted by atomic mass is 16.5. The van der Waals surface area contributed by atoms with Crippen LogP contribution >= 0.6 is 0 Å². The molecule has 2 amide bonds. The largest absolute Gasteiger partial charge is 0.497 e. The molecule has 30 heavy (non-hydrogen) atoms. The number of nitrogens with zero attached hydrogens (tertiary/aromatic N) is 2. The molecule has 3 aromatic rings. The molecule has 1 aliphatic rings. The lowest BCUT2D eigenvalue weighted by atomic mass is 9.79. The fourth-order valence-corrected chi connectivity index (χ4v) is 3.98. The monoisotopic (exact) mass is 401 g/mol. The summed E-state index contributed by atoms with van der Waals surface area (Å²) >= 11 is 0. The van der Waals surface area contributed by atoms with E-state index in [0.29, 0.717) is 12.1 Å². The average molecular weight is 401 g/mol. The van der Waals surface area contributed by atoms with E-state index in [1.807, 2.05) is 54.6 Å². The number of nitrogens with one attached hydrogen (secondary N) is 1. The average Bonchev–Trinajstić information content (AvgIpc) is 2.80. The SMILES string of the molecule is COc1ccc([C@@H]2[C@H](C(=O)NCc3cccnc3)c3ccccc3C(=O)N2C)cc1. The van der Waals surface area contributed by atoms with Crippen molar-refractivity contribution in [2.45, 2.75) is 18.5 Å². The lowest BCUT2D eigenvalue weighted by Crippen LogP contribution is -2.45. The van der Waals surface area contributed by atoms with Gasteiger partial charge in [0.1, 0.15) is 5.75 Å². The summed E-state index contributed by atoms with van der Waals surface area (Å²) in [5, 5.41) is 3.03. The summed E-state index contributed by atoms with van der Waals surface area (Å²) in [6, 6.07) is 18.2. The van der Waals surface area contributed by atoms with Crippen LogP contribution < -0.4 is 10.1 Å². The fraction of sp³-hybridized carbons (Fsp3) is 0.208. The minimum atomic E-state index is -0.533. The van der Waals surface area contributed by atoms with Gasteiger partial charge in [-0.25, -0.2) is 0 Å². The maximum atomic E-state index is 13.4. The number of pyridine rings is 1. The van der Waals surface area contributed by atoms with Crippen molar-refractivity contribution in [3.05, 3.63) is 95.3 Å². The number of carbonyl (C=O) groups excluding carboxylic acids is 2. The van der Waals surface area contributed by atoms with Crippen molar-refractivity contribution in [1.82, 2.24) is 15.2 Å². The van der Waals surface area contributed by atoms with E-state index >= 15 is 0 Å². The van der Waals surface area contributed by atoms with Gasteiger partial charge in [-0.1, -0.05) is 36.4 Å². The van der Waals surface area contributed by atoms with E-state index in [1.165, 1.54) is 0 Å². The standard InChI is InChI=1S/C24H23N3O3/c1-27-22(17-9-11-18(30-2)12-10-17)21(19-7-3-4-8-20(19)24(27)29)23(28)26-15-16-6-5-13-25-14-16/h3-14,21-22H,15H2,1-2H3,(H,26,28)/t21-,22-/m1/s1. The Hall–Kier alpha value is -3.67. The second-order valence-corrected chi connectivity index (χ2v) is 7.28. The van der Waals surface area contributed by atoms with Gasteiger partial charge in [0.15, 0.2) is 0 Å². The van der Waals surface area contributed by atoms with Gasteiger partial charge >= 0.3 is 0 Å². The highest BCUT2D eigenvalue weighted by Crippen LogP contribution is 2.42. The summed E-state index contributed by atoms with van der Waals surface area (Å²) in [5.74, 6) is -0.0373. The number of likely N-dealkylation sites (N-methyl/N-ethyl adjacent to an activating group) is 1. The number of methoxy groups -OCH3 is 1. The van der Waals surface area contributed by atoms with Crippen molar-refractivity contribution in [2.24, 2.45) is 0 Å². The van der Waals surface area contributed by atoms with E-state index in [0.717, 1.165) is 22.4 Å². The fourth-order valence-electron chi connectivity index (χ4n) is 3.98. The number of carbonyl (C=O) groups is 2. The molecule has 4 rings (SSSR count). The van der Waals surface area contributed by atoms with Gasteiger partial charge in [0.2, 0.25) is 5.91 Å². The summed E-state index contributed by atoms with van der Waals surface area (Å²) < 4.78 is 5.26. The first kappa shape index (κ1) is 19.6. The zero-order valence-corrected chi connectivity index (χ0v) is 16.9. The number of ether oxygens (including phenoxy) is 1. The summed E-state index contributed by atoms with van der Waals surface area (Å²) in [6.45, 7) is 0.373. The first-order valence-electron chi connectivity index (χ1n) is 9.77. The predicted octanol–water partition coefficient (Wildman–Crippen LogP) is 3.32. The molecular formula is C24H23N3O3. The molecule has 0 bridgehead atoms. The van der Waals surface area contributed by atoms with E-state index in [1.54, 1.807) is 37.5 Å². The molecule has 0 spiro atoms. The van der Waals surface area contributed by atoms with Crippen LogP contribution in [0.3, 0.4) is 0 Å². The van der Waals surface area contributed by atoms with Crippen molar-refractivity contribution in [2.75, 3.05) is 14.2 Å². The highest BCUT2D eigenvalue weighted by Gasteiger charge is 2.42. The van der Waals surface area contributed by atoms with Crippen molar-refractivity contribution >= 4 is 11.8 Å². The summed E-state index contributed by atoms with van der Waals surface area (Å²) in [7, 11) is 3.35. The smallest absolute Gasteiger partial charge is 0.254 e. The molecule has 0 saturated carbocycles. The Morgan fingerprint density at radius 2 is 1.87 bits per heavy atom. The third-order valence-corrected chi connectivity index (χ3v) is 5.51. The minimum absolute atomic E-state index is 0.0947. The zero-order chi connectivity index (χ0) is 21.1. The summed E-state index contributed by atoms with van der Waals surface area (Å²) in [6.07, 6.45) is 3.43. The van der Waals surface area contributed by atoms with Crippen molar-refractivity contribution in [3.8, 4) is 5.75 Å². The third-order valence-electron chi connectivity index (χ3n) is 5.51. The van der Waals surface area contributed by atoms with Crippen LogP contribution in [-0.2, 0) is 11.3 Å². The van der Waals surface area contributed by atoms with Gasteiger partial charge < -0.3 is 15.0 Å². The van der Waals surface area contributed by atoms with Crippen LogP contribution in [0.25, 0.3) is 0 Å². The van der Waals surface area contributed by atoms with Crippen LogP contribution in [0.2, 0.25) is 0 Å². The number of aromatic nitrogens is 1. The molecule has 6 heteroatoms. The van der Waals surface area contributed by atoms with E-state index in [4.69, 9.17) is 4.74 Å². The first-order chi connectivity index (χ1) is 14.6. The lowest BCUT2D eigenvalue weighted by molar-refractivity contribution is -0.124. The molecule has 0 saturated heterocycles. The summed E-state index contributed by atoms with van der Waals surface area (Å²) in [4.78, 5) is 32.2. The predicted molar refractivity (Wildman–Crippen MR) is 113 cm³/mol. The van der Waals surface area contributed by atoms with E-state index in [-0.39, 0.29) is 11.8 Å². The van der Waals surface area contributed by atoms with E-state index in [9.17, 15) is 9.59 Å². The van der Waals surface area contributed by atoms with Gasteiger partial charge in [-0.2, -0.15) is 0 Å². The molecule has 1 N–H and O–H groups in total. The first-order valence-corrected chi connectivity index (χ1v) is 9.77. The van der Waals surface area contributed by atoms with Gasteiger partial charge in [0, 0.05) is 31.5 Å². The van der Waals surface area contributed by atoms with Gasteiger partial charge in [0.25, 0.3) is 5.91 Å². The Balaban J connectivity index is 1.72. The lowest BCUT2D eigenvalue weighted by Gasteiger charge is -2.39. The van der Waals surface area contributed by atoms with Crippen LogP contribution in [-0.4, -0.2) is 35.9 Å². The van der Waals surface area contributed by atoms with Crippen LogP contribution in [0.15, 0.2) is 73.1 Å². The maximum absolute atomic E-state index is 13.4. The second kappa shape index (κ2) is 8.37. The quantitative estimate of drug-likeness (QED) is 0.712. The minimum Gasteiger partial charge on any atom is -0.497 e. The van der Waals surface area contributed by atoms with Crippen molar-refractivity contribution < 1.29 is 14.3 Å². The normalized spacial score (nSPS) is 17.9. The Bertz CT molecular complexity index is 1050. The molecule has 0 unspecified atom stereocenters. The number of amides is 2.